The van der Waals surface area contributed by atoms with Gasteiger partial charge >= 0.3 is 5.97 Å². The molecule has 1 aliphatic rings. The van der Waals surface area contributed by atoms with Crippen molar-refractivity contribution < 1.29 is 14.3 Å². The standard InChI is InChI=1S/C20H28N4O3S/c1-6-27-18(25)16-12-28-17(21-16)15-7-9-23(10-8-15)19(26)20(4,5)24-14(3)11-13(2)22-24/h11-12,15H,6-10H2,1-5H3. The summed E-state index contributed by atoms with van der Waals surface area (Å²) in [6.07, 6.45) is 1.68. The maximum absolute atomic E-state index is 13.2. The molecule has 0 aliphatic carbocycles. The molecule has 0 N–H and O–H groups in total. The fourth-order valence-corrected chi connectivity index (χ4v) is 4.74. The second-order valence-electron chi connectivity index (χ2n) is 7.76. The van der Waals surface area contributed by atoms with E-state index in [1.54, 1.807) is 12.3 Å². The predicted octanol–water partition coefficient (Wildman–Crippen LogP) is 3.27. The second kappa shape index (κ2) is 8.03. The van der Waals surface area contributed by atoms with Gasteiger partial charge < -0.3 is 9.64 Å². The number of carbonyl (C=O) groups is 2. The van der Waals surface area contributed by atoms with Gasteiger partial charge in [-0.05, 0) is 53.5 Å². The predicted molar refractivity (Wildman–Crippen MR) is 108 cm³/mol. The van der Waals surface area contributed by atoms with Crippen molar-refractivity contribution in [3.63, 3.8) is 0 Å². The van der Waals surface area contributed by atoms with Crippen molar-refractivity contribution in [1.82, 2.24) is 19.7 Å². The van der Waals surface area contributed by atoms with Crippen molar-refractivity contribution in [3.05, 3.63) is 33.5 Å². The maximum atomic E-state index is 13.2. The number of hydrogen-bond donors (Lipinski definition) is 0. The lowest BCUT2D eigenvalue weighted by atomic mass is 9.95. The van der Waals surface area contributed by atoms with E-state index in [0.29, 0.717) is 25.4 Å². The number of piperidine rings is 1. The summed E-state index contributed by atoms with van der Waals surface area (Å²) < 4.78 is 6.83. The van der Waals surface area contributed by atoms with Gasteiger partial charge in [0.1, 0.15) is 5.54 Å². The summed E-state index contributed by atoms with van der Waals surface area (Å²) in [5, 5.41) is 7.22. The lowest BCUT2D eigenvalue weighted by Crippen LogP contribution is -2.50. The molecule has 0 spiro atoms. The van der Waals surface area contributed by atoms with Crippen LogP contribution in [0.3, 0.4) is 0 Å². The Bertz CT molecular complexity index is 863. The number of hydrogen-bond acceptors (Lipinski definition) is 6. The monoisotopic (exact) mass is 404 g/mol. The summed E-state index contributed by atoms with van der Waals surface area (Å²) >= 11 is 1.50. The zero-order chi connectivity index (χ0) is 20.5. The zero-order valence-corrected chi connectivity index (χ0v) is 18.0. The van der Waals surface area contributed by atoms with Crippen LogP contribution in [0.15, 0.2) is 11.4 Å². The van der Waals surface area contributed by atoms with Crippen LogP contribution < -0.4 is 0 Å². The highest BCUT2D eigenvalue weighted by atomic mass is 32.1. The number of amides is 1. The van der Waals surface area contributed by atoms with Crippen molar-refractivity contribution in [2.45, 2.75) is 58.9 Å². The average molecular weight is 405 g/mol. The smallest absolute Gasteiger partial charge is 0.357 e. The van der Waals surface area contributed by atoms with E-state index in [1.807, 2.05) is 43.3 Å². The van der Waals surface area contributed by atoms with Gasteiger partial charge in [0.05, 0.1) is 17.3 Å². The van der Waals surface area contributed by atoms with Crippen molar-refractivity contribution in [1.29, 1.82) is 0 Å². The van der Waals surface area contributed by atoms with E-state index in [4.69, 9.17) is 4.74 Å². The molecule has 0 atom stereocenters. The van der Waals surface area contributed by atoms with Gasteiger partial charge in [-0.1, -0.05) is 0 Å². The SMILES string of the molecule is CCOC(=O)c1csc(C2CCN(C(=O)C(C)(C)n3nc(C)cc3C)CC2)n1. The molecule has 2 aromatic rings. The summed E-state index contributed by atoms with van der Waals surface area (Å²) in [4.78, 5) is 31.4. The van der Waals surface area contributed by atoms with Crippen molar-refractivity contribution >= 4 is 23.2 Å². The minimum absolute atomic E-state index is 0.0866. The normalized spacial score (nSPS) is 15.7. The third-order valence-corrected chi connectivity index (χ3v) is 6.21. The Labute approximate surface area is 169 Å². The molecular formula is C20H28N4O3S. The Morgan fingerprint density at radius 3 is 2.54 bits per heavy atom. The molecule has 28 heavy (non-hydrogen) atoms. The molecule has 1 fully saturated rings. The highest BCUT2D eigenvalue weighted by Gasteiger charge is 2.37. The molecular weight excluding hydrogens is 376 g/mol. The topological polar surface area (TPSA) is 77.3 Å². The number of esters is 1. The van der Waals surface area contributed by atoms with Gasteiger partial charge in [-0.2, -0.15) is 5.10 Å². The van der Waals surface area contributed by atoms with E-state index in [2.05, 4.69) is 10.1 Å². The summed E-state index contributed by atoms with van der Waals surface area (Å²) in [5.41, 5.74) is 1.56. The first-order valence-electron chi connectivity index (χ1n) is 9.69. The molecule has 8 heteroatoms. The van der Waals surface area contributed by atoms with Crippen LogP contribution in [0.1, 0.15) is 66.4 Å². The molecule has 0 unspecified atom stereocenters. The Morgan fingerprint density at radius 2 is 1.96 bits per heavy atom. The Kier molecular flexibility index (Phi) is 5.88. The van der Waals surface area contributed by atoms with Crippen molar-refractivity contribution in [2.24, 2.45) is 0 Å². The number of rotatable bonds is 5. The first-order chi connectivity index (χ1) is 13.2. The first kappa shape index (κ1) is 20.5. The summed E-state index contributed by atoms with van der Waals surface area (Å²) in [6, 6.07) is 1.99. The van der Waals surface area contributed by atoms with E-state index in [9.17, 15) is 9.59 Å². The highest BCUT2D eigenvalue weighted by molar-refractivity contribution is 7.09. The molecule has 0 saturated carbocycles. The highest BCUT2D eigenvalue weighted by Crippen LogP contribution is 2.32. The number of thiazole rings is 1. The summed E-state index contributed by atoms with van der Waals surface area (Å²) in [6.45, 7) is 11.3. The van der Waals surface area contributed by atoms with Crippen LogP contribution in [0.25, 0.3) is 0 Å². The van der Waals surface area contributed by atoms with Gasteiger partial charge in [-0.25, -0.2) is 9.78 Å². The van der Waals surface area contributed by atoms with E-state index >= 15 is 0 Å². The number of likely N-dealkylation sites (tertiary alicyclic amines) is 1. The number of carbonyl (C=O) groups excluding carboxylic acids is 2. The Balaban J connectivity index is 1.64. The molecule has 1 aliphatic heterocycles. The molecule has 2 aromatic heterocycles. The van der Waals surface area contributed by atoms with Crippen molar-refractivity contribution in [2.75, 3.05) is 19.7 Å². The van der Waals surface area contributed by atoms with Crippen LogP contribution >= 0.6 is 11.3 Å². The van der Waals surface area contributed by atoms with Gasteiger partial charge in [0.25, 0.3) is 0 Å². The minimum Gasteiger partial charge on any atom is -0.461 e. The zero-order valence-electron chi connectivity index (χ0n) is 17.2. The van der Waals surface area contributed by atoms with E-state index in [0.717, 1.165) is 29.2 Å². The minimum atomic E-state index is -0.719. The third-order valence-electron chi connectivity index (χ3n) is 5.20. The van der Waals surface area contributed by atoms with Crippen LogP contribution in [0, 0.1) is 13.8 Å². The molecule has 152 valence electrons. The van der Waals surface area contributed by atoms with Crippen LogP contribution in [-0.2, 0) is 15.1 Å². The molecule has 0 aromatic carbocycles. The largest absolute Gasteiger partial charge is 0.461 e. The van der Waals surface area contributed by atoms with Crippen LogP contribution in [0.2, 0.25) is 0 Å². The van der Waals surface area contributed by atoms with E-state index < -0.39 is 5.54 Å². The maximum Gasteiger partial charge on any atom is 0.357 e. The van der Waals surface area contributed by atoms with Crippen LogP contribution in [0.5, 0.6) is 0 Å². The van der Waals surface area contributed by atoms with E-state index in [-0.39, 0.29) is 17.8 Å². The van der Waals surface area contributed by atoms with Gasteiger partial charge in [-0.15, -0.1) is 11.3 Å². The summed E-state index contributed by atoms with van der Waals surface area (Å²) in [7, 11) is 0. The Hall–Kier alpha value is -2.22. The van der Waals surface area contributed by atoms with E-state index in [1.165, 1.54) is 11.3 Å². The molecule has 0 radical (unpaired) electrons. The summed E-state index contributed by atoms with van der Waals surface area (Å²) in [5.74, 6) is -0.0122. The fraction of sp³-hybridized carbons (Fsp3) is 0.600. The fourth-order valence-electron chi connectivity index (χ4n) is 3.78. The van der Waals surface area contributed by atoms with Gasteiger partial charge in [0.2, 0.25) is 5.91 Å². The number of ether oxygens (including phenoxy) is 1. The molecule has 3 rings (SSSR count). The molecule has 7 nitrogen and oxygen atoms in total. The lowest BCUT2D eigenvalue weighted by molar-refractivity contribution is -0.141. The first-order valence-corrected chi connectivity index (χ1v) is 10.6. The number of aryl methyl sites for hydroxylation is 2. The van der Waals surface area contributed by atoms with Crippen LogP contribution in [-0.4, -0.2) is 51.2 Å². The molecule has 0 bridgehead atoms. The quantitative estimate of drug-likeness (QED) is 0.715. The number of nitrogens with zero attached hydrogens (tertiary/aromatic N) is 4. The van der Waals surface area contributed by atoms with Gasteiger partial charge in [0.15, 0.2) is 5.69 Å². The Morgan fingerprint density at radius 1 is 1.29 bits per heavy atom. The second-order valence-corrected chi connectivity index (χ2v) is 8.65. The molecule has 1 saturated heterocycles. The number of aromatic nitrogens is 3. The van der Waals surface area contributed by atoms with Gasteiger partial charge in [-0.3, -0.25) is 9.48 Å². The van der Waals surface area contributed by atoms with Crippen molar-refractivity contribution in [3.8, 4) is 0 Å². The van der Waals surface area contributed by atoms with Gasteiger partial charge in [0, 0.05) is 30.1 Å². The van der Waals surface area contributed by atoms with Crippen LogP contribution in [0.4, 0.5) is 0 Å². The molecule has 1 amide bonds. The third kappa shape index (κ3) is 3.97. The lowest BCUT2D eigenvalue weighted by Gasteiger charge is -2.37. The molecule has 3 heterocycles. The average Bonchev–Trinajstić information content (AvgIpc) is 3.28.